The van der Waals surface area contributed by atoms with Crippen molar-refractivity contribution in [3.8, 4) is 17.2 Å². The van der Waals surface area contributed by atoms with Crippen molar-refractivity contribution in [3.05, 3.63) is 112 Å². The minimum absolute atomic E-state index is 0.0779. The molecule has 33 heavy (non-hydrogen) atoms. The number of rotatable bonds is 7. The molecule has 4 aromatic carbocycles. The third-order valence-corrected chi connectivity index (χ3v) is 6.84. The molecule has 0 unspecified atom stereocenters. The molecule has 0 N–H and O–H groups in total. The molecule has 0 saturated heterocycles. The van der Waals surface area contributed by atoms with Gasteiger partial charge in [0.15, 0.2) is 5.75 Å². The summed E-state index contributed by atoms with van der Waals surface area (Å²) in [6.45, 7) is 0. The Morgan fingerprint density at radius 2 is 1.27 bits per heavy atom. The highest BCUT2D eigenvalue weighted by Crippen LogP contribution is 2.36. The largest absolute Gasteiger partial charge is 0.457 e. The molecule has 0 aromatic heterocycles. The number of ether oxygens (including phenoxy) is 1. The van der Waals surface area contributed by atoms with Crippen molar-refractivity contribution in [2.24, 2.45) is 4.99 Å². The lowest BCUT2D eigenvalue weighted by atomic mass is 10.2. The van der Waals surface area contributed by atoms with Gasteiger partial charge in [-0.1, -0.05) is 36.4 Å². The summed E-state index contributed by atoms with van der Waals surface area (Å²) in [6, 6.07) is 28.4. The first-order chi connectivity index (χ1) is 15.9. The second-order valence-electron chi connectivity index (χ2n) is 6.83. The SMILES string of the molecule is O=S(=O)(Oc1c(Br)cc(C=Nc2ccc(Oc3ccccc3)cc2)cc1Br)c1ccccc1. The van der Waals surface area contributed by atoms with Crippen molar-refractivity contribution < 1.29 is 17.3 Å². The maximum atomic E-state index is 12.5. The van der Waals surface area contributed by atoms with Crippen LogP contribution < -0.4 is 8.92 Å². The summed E-state index contributed by atoms with van der Waals surface area (Å²) < 4.78 is 37.2. The van der Waals surface area contributed by atoms with Crippen LogP contribution in [0.1, 0.15) is 5.56 Å². The average Bonchev–Trinajstić information content (AvgIpc) is 2.82. The Kier molecular flexibility index (Phi) is 7.27. The van der Waals surface area contributed by atoms with Gasteiger partial charge >= 0.3 is 10.1 Å². The fourth-order valence-corrected chi connectivity index (χ4v) is 5.44. The molecule has 0 saturated carbocycles. The highest BCUT2D eigenvalue weighted by molar-refractivity contribution is 9.11. The van der Waals surface area contributed by atoms with Crippen molar-refractivity contribution in [1.29, 1.82) is 0 Å². The average molecular weight is 587 g/mol. The maximum absolute atomic E-state index is 12.5. The van der Waals surface area contributed by atoms with E-state index in [9.17, 15) is 8.42 Å². The minimum Gasteiger partial charge on any atom is -0.457 e. The summed E-state index contributed by atoms with van der Waals surface area (Å²) >= 11 is 6.79. The molecular weight excluding hydrogens is 570 g/mol. The first-order valence-corrected chi connectivity index (χ1v) is 12.8. The molecule has 0 bridgehead atoms. The highest BCUT2D eigenvalue weighted by atomic mass is 79.9. The molecule has 0 amide bonds. The van der Waals surface area contributed by atoms with Crippen molar-refractivity contribution >= 4 is 53.9 Å². The van der Waals surface area contributed by atoms with Gasteiger partial charge < -0.3 is 8.92 Å². The monoisotopic (exact) mass is 585 g/mol. The Morgan fingerprint density at radius 1 is 0.727 bits per heavy atom. The third kappa shape index (κ3) is 6.10. The molecule has 0 spiro atoms. The van der Waals surface area contributed by atoms with Gasteiger partial charge in [-0.15, -0.1) is 0 Å². The summed E-state index contributed by atoms with van der Waals surface area (Å²) in [6.07, 6.45) is 1.68. The quantitative estimate of drug-likeness (QED) is 0.166. The summed E-state index contributed by atoms with van der Waals surface area (Å²) in [5.41, 5.74) is 1.50. The van der Waals surface area contributed by atoms with Gasteiger partial charge in [-0.25, -0.2) is 0 Å². The zero-order chi connectivity index (χ0) is 23.3. The maximum Gasteiger partial charge on any atom is 0.339 e. The lowest BCUT2D eigenvalue weighted by molar-refractivity contribution is 0.482. The van der Waals surface area contributed by atoms with Gasteiger partial charge in [0.05, 0.1) is 14.6 Å². The van der Waals surface area contributed by atoms with Gasteiger partial charge in [0, 0.05) is 6.21 Å². The number of hydrogen-bond donors (Lipinski definition) is 0. The fourth-order valence-electron chi connectivity index (χ4n) is 2.85. The van der Waals surface area contributed by atoms with E-state index in [0.29, 0.717) is 14.7 Å². The summed E-state index contributed by atoms with van der Waals surface area (Å²) in [7, 11) is -3.96. The molecule has 0 aliphatic rings. The predicted molar refractivity (Wildman–Crippen MR) is 136 cm³/mol. The van der Waals surface area contributed by atoms with Gasteiger partial charge in [0.2, 0.25) is 0 Å². The number of aliphatic imine (C=N–C) groups is 1. The number of benzene rings is 4. The van der Waals surface area contributed by atoms with E-state index >= 15 is 0 Å². The van der Waals surface area contributed by atoms with E-state index < -0.39 is 10.1 Å². The van der Waals surface area contributed by atoms with Crippen LogP contribution in [0.2, 0.25) is 0 Å². The van der Waals surface area contributed by atoms with Gasteiger partial charge in [0.25, 0.3) is 0 Å². The molecule has 0 fully saturated rings. The van der Waals surface area contributed by atoms with Crippen molar-refractivity contribution in [1.82, 2.24) is 0 Å². The van der Waals surface area contributed by atoms with Crippen LogP contribution in [0.15, 0.2) is 116 Å². The minimum atomic E-state index is -3.96. The van der Waals surface area contributed by atoms with Crippen molar-refractivity contribution in [3.63, 3.8) is 0 Å². The molecule has 0 atom stereocenters. The van der Waals surface area contributed by atoms with E-state index in [-0.39, 0.29) is 10.6 Å². The first kappa shape index (κ1) is 23.2. The molecular formula is C25H17Br2NO4S. The normalized spacial score (nSPS) is 11.5. The number of halogens is 2. The number of hydrogen-bond acceptors (Lipinski definition) is 5. The van der Waals surface area contributed by atoms with Crippen LogP contribution in [0.5, 0.6) is 17.2 Å². The molecule has 4 aromatic rings. The summed E-state index contributed by atoms with van der Waals surface area (Å²) in [5, 5.41) is 0. The molecule has 166 valence electrons. The summed E-state index contributed by atoms with van der Waals surface area (Å²) in [4.78, 5) is 4.56. The van der Waals surface area contributed by atoms with E-state index in [1.165, 1.54) is 12.1 Å². The standard InChI is InChI=1S/C25H17Br2NO4S/c26-23-15-18(16-24(27)25(23)32-33(29,30)22-9-5-2-6-10-22)17-28-19-11-13-21(14-12-19)31-20-7-3-1-4-8-20/h1-17H. The molecule has 0 aliphatic heterocycles. The predicted octanol–water partition coefficient (Wildman–Crippen LogP) is 7.52. The van der Waals surface area contributed by atoms with Gasteiger partial charge in [0.1, 0.15) is 16.4 Å². The van der Waals surface area contributed by atoms with E-state index in [1.54, 1.807) is 36.5 Å². The fraction of sp³-hybridized carbons (Fsp3) is 0. The van der Waals surface area contributed by atoms with Crippen LogP contribution in [-0.2, 0) is 10.1 Å². The van der Waals surface area contributed by atoms with Crippen LogP contribution in [-0.4, -0.2) is 14.6 Å². The van der Waals surface area contributed by atoms with E-state index in [0.717, 1.165) is 17.0 Å². The van der Waals surface area contributed by atoms with Crippen LogP contribution >= 0.6 is 31.9 Å². The number of nitrogens with zero attached hydrogens (tertiary/aromatic N) is 1. The lowest BCUT2D eigenvalue weighted by Crippen LogP contribution is -2.10. The molecule has 8 heteroatoms. The smallest absolute Gasteiger partial charge is 0.339 e. The second-order valence-corrected chi connectivity index (χ2v) is 10.1. The molecule has 4 rings (SSSR count). The molecule has 5 nitrogen and oxygen atoms in total. The van der Waals surface area contributed by atoms with E-state index in [4.69, 9.17) is 8.92 Å². The van der Waals surface area contributed by atoms with Crippen LogP contribution in [0.3, 0.4) is 0 Å². The first-order valence-electron chi connectivity index (χ1n) is 9.76. The number of para-hydroxylation sites is 1. The van der Waals surface area contributed by atoms with Gasteiger partial charge in [-0.3, -0.25) is 4.99 Å². The van der Waals surface area contributed by atoms with Crippen LogP contribution in [0.4, 0.5) is 5.69 Å². The third-order valence-electron chi connectivity index (χ3n) is 4.42. The second kappa shape index (κ2) is 10.3. The molecule has 0 heterocycles. The van der Waals surface area contributed by atoms with Crippen LogP contribution in [0.25, 0.3) is 0 Å². The summed E-state index contributed by atoms with van der Waals surface area (Å²) in [5.74, 6) is 1.64. The Morgan fingerprint density at radius 3 is 1.88 bits per heavy atom. The molecule has 0 radical (unpaired) electrons. The van der Waals surface area contributed by atoms with E-state index in [2.05, 4.69) is 36.9 Å². The lowest BCUT2D eigenvalue weighted by Gasteiger charge is -2.11. The van der Waals surface area contributed by atoms with Crippen molar-refractivity contribution in [2.45, 2.75) is 4.90 Å². The Balaban J connectivity index is 1.48. The Hall–Kier alpha value is -2.94. The topological polar surface area (TPSA) is 65.0 Å². The van der Waals surface area contributed by atoms with E-state index in [1.807, 2.05) is 54.6 Å². The van der Waals surface area contributed by atoms with Gasteiger partial charge in [-0.2, -0.15) is 8.42 Å². The van der Waals surface area contributed by atoms with Crippen LogP contribution in [0, 0.1) is 0 Å². The Labute approximate surface area is 209 Å². The van der Waals surface area contributed by atoms with Gasteiger partial charge in [-0.05, 0) is 98.1 Å². The molecule has 0 aliphatic carbocycles. The zero-order valence-corrected chi connectivity index (χ0v) is 21.0. The highest BCUT2D eigenvalue weighted by Gasteiger charge is 2.20. The Bertz CT molecular complexity index is 1350. The van der Waals surface area contributed by atoms with Crippen molar-refractivity contribution in [2.75, 3.05) is 0 Å². The zero-order valence-electron chi connectivity index (χ0n) is 17.1.